The van der Waals surface area contributed by atoms with Crippen molar-refractivity contribution in [3.05, 3.63) is 60.8 Å². The summed E-state index contributed by atoms with van der Waals surface area (Å²) in [7, 11) is 1.57. The lowest BCUT2D eigenvalue weighted by Gasteiger charge is -2.25. The Morgan fingerprint density at radius 1 is 0.473 bits per heavy atom. The second kappa shape index (κ2) is 55.9. The Labute approximate surface area is 460 Å². The molecule has 0 aromatic carbocycles. The van der Waals surface area contributed by atoms with E-state index in [0.717, 1.165) is 70.6 Å². The lowest BCUT2D eigenvalue weighted by Crippen LogP contribution is -2.45. The third-order valence-electron chi connectivity index (χ3n) is 14.2. The number of quaternary nitrogens is 1. The zero-order valence-electron chi connectivity index (χ0n) is 49.6. The van der Waals surface area contributed by atoms with Crippen LogP contribution in [-0.2, 0) is 18.4 Å². The molecule has 0 radical (unpaired) electrons. The molecular weight excluding hydrogens is 936 g/mol. The van der Waals surface area contributed by atoms with Crippen molar-refractivity contribution in [1.29, 1.82) is 0 Å². The van der Waals surface area contributed by atoms with E-state index in [9.17, 15) is 19.4 Å². The molecule has 0 aliphatic rings. The van der Waals surface area contributed by atoms with Crippen LogP contribution in [0.25, 0.3) is 0 Å². The summed E-state index contributed by atoms with van der Waals surface area (Å²) in [6.07, 6.45) is 76.3. The molecule has 3 atom stereocenters. The zero-order valence-corrected chi connectivity index (χ0v) is 50.5. The van der Waals surface area contributed by atoms with Crippen molar-refractivity contribution in [2.75, 3.05) is 40.9 Å². The van der Waals surface area contributed by atoms with Crippen LogP contribution in [0.1, 0.15) is 296 Å². The number of hydrogen-bond acceptors (Lipinski definition) is 5. The van der Waals surface area contributed by atoms with E-state index in [1.807, 2.05) is 27.2 Å². The molecule has 0 spiro atoms. The van der Waals surface area contributed by atoms with Gasteiger partial charge in [-0.05, 0) is 57.8 Å². The minimum atomic E-state index is -4.36. The maximum atomic E-state index is 13.0. The van der Waals surface area contributed by atoms with Crippen LogP contribution in [0.2, 0.25) is 0 Å². The van der Waals surface area contributed by atoms with E-state index >= 15 is 0 Å². The molecule has 0 bridgehead atoms. The summed E-state index contributed by atoms with van der Waals surface area (Å²) in [5, 5.41) is 14.0. The van der Waals surface area contributed by atoms with Crippen LogP contribution in [-0.4, -0.2) is 73.4 Å². The van der Waals surface area contributed by atoms with Gasteiger partial charge in [-0.25, -0.2) is 4.57 Å². The maximum absolute atomic E-state index is 13.0. The molecule has 9 heteroatoms. The summed E-state index contributed by atoms with van der Waals surface area (Å²) in [6, 6.07) is -0.855. The number of hydrogen-bond donors (Lipinski definition) is 3. The van der Waals surface area contributed by atoms with Crippen molar-refractivity contribution >= 4 is 13.7 Å². The van der Waals surface area contributed by atoms with Gasteiger partial charge in [-0.2, -0.15) is 0 Å². The van der Waals surface area contributed by atoms with E-state index in [1.165, 1.54) is 205 Å². The highest BCUT2D eigenvalue weighted by Crippen LogP contribution is 2.43. The second-order valence-corrected chi connectivity index (χ2v) is 24.2. The topological polar surface area (TPSA) is 105 Å². The van der Waals surface area contributed by atoms with Gasteiger partial charge in [0.05, 0.1) is 39.9 Å². The van der Waals surface area contributed by atoms with Gasteiger partial charge in [0, 0.05) is 6.42 Å². The Balaban J connectivity index is 4.12. The molecule has 0 fully saturated rings. The molecule has 0 saturated carbocycles. The van der Waals surface area contributed by atoms with Crippen LogP contribution >= 0.6 is 7.82 Å². The summed E-state index contributed by atoms with van der Waals surface area (Å²) in [6.45, 7) is 4.73. The molecule has 0 aliphatic carbocycles. The number of aliphatic hydroxyl groups excluding tert-OH is 1. The number of nitrogens with zero attached hydrogens (tertiary/aromatic N) is 1. The molecule has 74 heavy (non-hydrogen) atoms. The van der Waals surface area contributed by atoms with E-state index in [-0.39, 0.29) is 19.1 Å². The van der Waals surface area contributed by atoms with E-state index < -0.39 is 20.0 Å². The quantitative estimate of drug-likeness (QED) is 0.0243. The summed E-state index contributed by atoms with van der Waals surface area (Å²) < 4.78 is 23.8. The number of phosphoric acid groups is 1. The monoisotopic (exact) mass is 1060 g/mol. The van der Waals surface area contributed by atoms with Gasteiger partial charge >= 0.3 is 7.82 Å². The van der Waals surface area contributed by atoms with Gasteiger partial charge in [-0.1, -0.05) is 293 Å². The molecule has 0 heterocycles. The molecule has 3 unspecified atom stereocenters. The number of carbonyl (C=O) groups is 1. The van der Waals surface area contributed by atoms with Gasteiger partial charge in [0.15, 0.2) is 0 Å². The molecule has 0 saturated heterocycles. The molecular formula is C65H124N2O6P+. The van der Waals surface area contributed by atoms with Crippen molar-refractivity contribution in [2.24, 2.45) is 0 Å². The Morgan fingerprint density at radius 3 is 1.19 bits per heavy atom. The fourth-order valence-electron chi connectivity index (χ4n) is 9.33. The van der Waals surface area contributed by atoms with E-state index in [4.69, 9.17) is 9.05 Å². The first-order valence-corrected chi connectivity index (χ1v) is 33.2. The van der Waals surface area contributed by atoms with Gasteiger partial charge in [-0.15, -0.1) is 0 Å². The van der Waals surface area contributed by atoms with E-state index in [1.54, 1.807) is 6.08 Å². The normalized spacial score (nSPS) is 14.2. The lowest BCUT2D eigenvalue weighted by atomic mass is 10.0. The van der Waals surface area contributed by atoms with Crippen LogP contribution in [0.5, 0.6) is 0 Å². The first-order valence-electron chi connectivity index (χ1n) is 31.7. The third-order valence-corrected chi connectivity index (χ3v) is 15.2. The number of nitrogens with one attached hydrogen (secondary N) is 1. The van der Waals surface area contributed by atoms with Crippen LogP contribution in [0, 0.1) is 0 Å². The van der Waals surface area contributed by atoms with E-state index in [0.29, 0.717) is 17.4 Å². The minimum absolute atomic E-state index is 0.0580. The summed E-state index contributed by atoms with van der Waals surface area (Å²) in [5.41, 5.74) is 0. The zero-order chi connectivity index (χ0) is 54.2. The van der Waals surface area contributed by atoms with Gasteiger partial charge in [0.25, 0.3) is 0 Å². The van der Waals surface area contributed by atoms with E-state index in [2.05, 4.69) is 67.8 Å². The first kappa shape index (κ1) is 72.2. The second-order valence-electron chi connectivity index (χ2n) is 22.8. The number of rotatable bonds is 58. The Bertz CT molecular complexity index is 1390. The highest BCUT2D eigenvalue weighted by atomic mass is 31.2. The predicted octanol–water partition coefficient (Wildman–Crippen LogP) is 19.7. The van der Waals surface area contributed by atoms with Crippen LogP contribution in [0.15, 0.2) is 60.8 Å². The molecule has 1 amide bonds. The van der Waals surface area contributed by atoms with Crippen LogP contribution in [0.4, 0.5) is 0 Å². The van der Waals surface area contributed by atoms with Crippen molar-refractivity contribution in [1.82, 2.24) is 5.32 Å². The third kappa shape index (κ3) is 57.9. The molecule has 3 N–H and O–H groups in total. The molecule has 8 nitrogen and oxygen atoms in total. The highest BCUT2D eigenvalue weighted by Gasteiger charge is 2.27. The molecule has 0 aromatic rings. The average molecular weight is 1060 g/mol. The summed E-state index contributed by atoms with van der Waals surface area (Å²) in [4.78, 5) is 23.3. The van der Waals surface area contributed by atoms with Gasteiger partial charge in [-0.3, -0.25) is 13.8 Å². The van der Waals surface area contributed by atoms with Gasteiger partial charge in [0.2, 0.25) is 5.91 Å². The fourth-order valence-corrected chi connectivity index (χ4v) is 10.1. The first-order chi connectivity index (χ1) is 36.0. The number of amides is 1. The summed E-state index contributed by atoms with van der Waals surface area (Å²) >= 11 is 0. The Hall–Kier alpha value is -1.80. The summed E-state index contributed by atoms with van der Waals surface area (Å²) in [5.74, 6) is -0.184. The molecule has 0 aliphatic heterocycles. The Kier molecular flexibility index (Phi) is 54.6. The van der Waals surface area contributed by atoms with Gasteiger partial charge < -0.3 is 19.8 Å². The highest BCUT2D eigenvalue weighted by molar-refractivity contribution is 7.47. The van der Waals surface area contributed by atoms with Crippen molar-refractivity contribution in [2.45, 2.75) is 309 Å². The maximum Gasteiger partial charge on any atom is 0.472 e. The van der Waals surface area contributed by atoms with Crippen molar-refractivity contribution in [3.63, 3.8) is 0 Å². The molecule has 0 aromatic heterocycles. The van der Waals surface area contributed by atoms with Crippen molar-refractivity contribution < 1.29 is 32.9 Å². The van der Waals surface area contributed by atoms with Crippen molar-refractivity contribution in [3.8, 4) is 0 Å². The number of carbonyl (C=O) groups excluding carboxylic acids is 1. The largest absolute Gasteiger partial charge is 0.472 e. The number of aliphatic hydroxyl groups is 1. The number of likely N-dealkylation sites (N-methyl/N-ethyl adjacent to an activating group) is 1. The molecule has 434 valence electrons. The standard InChI is InChI=1S/C65H123N2O6P/c1-6-8-10-12-14-16-18-20-22-24-26-28-29-30-31-32-33-34-35-36-37-39-40-42-44-46-48-50-52-54-56-58-64(68)63(62-73-74(70,71)72-61-60-67(3,4)5)66-65(69)59-57-55-53-51-49-47-45-43-41-38-27-25-23-21-19-17-15-13-11-9-7-2/h9,11,15,17,21,23,27,38,56,58,63-64,68H,6-8,10,12-14,16,18-20,22,24-26,28-37,39-55,57,59-62H2,1-5H3,(H-,66,69,70,71)/p+1/b11-9-,17-15-,23-21-,38-27-,58-56+. The number of allylic oxidation sites excluding steroid dienone is 9. The lowest BCUT2D eigenvalue weighted by molar-refractivity contribution is -0.870. The minimum Gasteiger partial charge on any atom is -0.387 e. The smallest absolute Gasteiger partial charge is 0.387 e. The molecule has 0 rings (SSSR count). The number of unbranched alkanes of at least 4 members (excludes halogenated alkanes) is 37. The van der Waals surface area contributed by atoms with Crippen LogP contribution < -0.4 is 5.32 Å². The fraction of sp³-hybridized carbons (Fsp3) is 0.831. The SMILES string of the molecule is CC/C=C\C/C=C\C/C=C\C/C=C\CCCCCCCCCCC(=O)NC(COP(=O)(O)OCC[N+](C)(C)C)C(O)/C=C/CCCCCCCCCCCCCCCCCCCCCCCCCCCCCCC. The average Bonchev–Trinajstić information content (AvgIpc) is 3.36. The number of phosphoric ester groups is 1. The van der Waals surface area contributed by atoms with Crippen LogP contribution in [0.3, 0.4) is 0 Å². The van der Waals surface area contributed by atoms with Gasteiger partial charge in [0.1, 0.15) is 13.2 Å². The Morgan fingerprint density at radius 2 is 0.811 bits per heavy atom. The predicted molar refractivity (Wildman–Crippen MR) is 323 cm³/mol.